The molecule has 0 spiro atoms. The largest absolute Gasteiger partial charge is 0.480 e. The van der Waals surface area contributed by atoms with Crippen molar-refractivity contribution in [3.63, 3.8) is 0 Å². The predicted molar refractivity (Wildman–Crippen MR) is 221 cm³/mol. The van der Waals surface area contributed by atoms with Gasteiger partial charge in [-0.3, -0.25) is 9.59 Å². The van der Waals surface area contributed by atoms with Crippen LogP contribution in [0.3, 0.4) is 0 Å². The molecule has 7 heteroatoms. The smallest absolute Gasteiger partial charge is 0.326 e. The van der Waals surface area contributed by atoms with Gasteiger partial charge in [0, 0.05) is 12.8 Å². The number of carbonyl (C=O) groups excluding carboxylic acids is 2. The molecule has 0 saturated heterocycles. The van der Waals surface area contributed by atoms with E-state index in [4.69, 9.17) is 10.5 Å². The van der Waals surface area contributed by atoms with Crippen molar-refractivity contribution in [2.75, 3.05) is 6.54 Å². The zero-order chi connectivity index (χ0) is 38.2. The van der Waals surface area contributed by atoms with Crippen LogP contribution < -0.4 is 11.1 Å². The summed E-state index contributed by atoms with van der Waals surface area (Å²) in [5, 5.41) is 11.9. The van der Waals surface area contributed by atoms with Crippen molar-refractivity contribution in [2.24, 2.45) is 5.73 Å². The quantitative estimate of drug-likeness (QED) is 0.0327. The number of aliphatic carboxylic acids is 1. The number of hydrogen-bond donors (Lipinski definition) is 3. The molecule has 0 aliphatic carbocycles. The van der Waals surface area contributed by atoms with E-state index >= 15 is 0 Å². The van der Waals surface area contributed by atoms with Crippen LogP contribution in [0.4, 0.5) is 0 Å². The first-order valence-electron chi connectivity index (χ1n) is 22.5. The Morgan fingerprint density at radius 2 is 0.942 bits per heavy atom. The van der Waals surface area contributed by atoms with E-state index in [1.165, 1.54) is 141 Å². The Hall–Kier alpha value is -1.89. The van der Waals surface area contributed by atoms with Crippen molar-refractivity contribution < 1.29 is 24.2 Å². The number of carboxylic acid groups (broad SMARTS) is 1. The van der Waals surface area contributed by atoms with E-state index in [1.54, 1.807) is 0 Å². The van der Waals surface area contributed by atoms with Crippen molar-refractivity contribution in [1.82, 2.24) is 5.32 Å². The van der Waals surface area contributed by atoms with Crippen molar-refractivity contribution in [3.8, 4) is 0 Å². The predicted octanol–water partition coefficient (Wildman–Crippen LogP) is 12.7. The van der Waals surface area contributed by atoms with E-state index in [2.05, 4.69) is 31.3 Å². The Bertz CT molecular complexity index is 833. The van der Waals surface area contributed by atoms with Crippen molar-refractivity contribution in [1.29, 1.82) is 0 Å². The number of carbonyl (C=O) groups is 3. The standard InChI is InChI=1S/C45H86N2O5/c1-3-5-7-9-10-11-12-13-14-15-16-17-18-19-20-21-22-23-24-25-26-27-33-39-44(49)52-41(35-30-8-6-4-2)36-31-28-29-32-38-43(48)47-42(45(50)51)37-34-40-46/h15-16,41-42H,3-14,17-40,46H2,1-2H3,(H,47,48)(H,50,51)/b16-15-. The van der Waals surface area contributed by atoms with E-state index in [0.29, 0.717) is 32.2 Å². The van der Waals surface area contributed by atoms with Gasteiger partial charge in [-0.15, -0.1) is 0 Å². The molecule has 0 aliphatic rings. The van der Waals surface area contributed by atoms with Crippen LogP contribution >= 0.6 is 0 Å². The highest BCUT2D eigenvalue weighted by Crippen LogP contribution is 2.18. The average molecular weight is 735 g/mol. The second-order valence-corrected chi connectivity index (χ2v) is 15.5. The SMILES string of the molecule is CCCCCCCCCC/C=C\CCCCCCCCCCCCCC(=O)OC(CCCCCC)CCCCCCC(=O)NC(CCCN)C(=O)O. The van der Waals surface area contributed by atoms with Crippen LogP contribution in [-0.4, -0.2) is 41.6 Å². The number of carboxylic acids is 1. The molecular weight excluding hydrogens is 649 g/mol. The van der Waals surface area contributed by atoms with Gasteiger partial charge in [-0.25, -0.2) is 4.79 Å². The van der Waals surface area contributed by atoms with Gasteiger partial charge in [0.15, 0.2) is 0 Å². The lowest BCUT2D eigenvalue weighted by Crippen LogP contribution is -2.40. The third kappa shape index (κ3) is 36.5. The maximum atomic E-state index is 12.7. The van der Waals surface area contributed by atoms with Gasteiger partial charge < -0.3 is 20.9 Å². The van der Waals surface area contributed by atoms with Crippen LogP contribution in [0.25, 0.3) is 0 Å². The van der Waals surface area contributed by atoms with Crippen LogP contribution in [0.5, 0.6) is 0 Å². The highest BCUT2D eigenvalue weighted by molar-refractivity contribution is 5.83. The fraction of sp³-hybridized carbons (Fsp3) is 0.889. The number of rotatable bonds is 41. The summed E-state index contributed by atoms with van der Waals surface area (Å²) >= 11 is 0. The number of hydrogen-bond acceptors (Lipinski definition) is 5. The zero-order valence-electron chi connectivity index (χ0n) is 34.4. The highest BCUT2D eigenvalue weighted by Gasteiger charge is 2.19. The molecule has 306 valence electrons. The van der Waals surface area contributed by atoms with Crippen LogP contribution in [0, 0.1) is 0 Å². The van der Waals surface area contributed by atoms with E-state index in [1.807, 2.05) is 0 Å². The molecule has 0 bridgehead atoms. The van der Waals surface area contributed by atoms with Crippen LogP contribution in [0.2, 0.25) is 0 Å². The molecular formula is C45H86N2O5. The fourth-order valence-electron chi connectivity index (χ4n) is 6.92. The molecule has 4 N–H and O–H groups in total. The number of unbranched alkanes of at least 4 members (excludes halogenated alkanes) is 25. The lowest BCUT2D eigenvalue weighted by molar-refractivity contribution is -0.150. The molecule has 0 saturated carbocycles. The lowest BCUT2D eigenvalue weighted by atomic mass is 10.0. The van der Waals surface area contributed by atoms with Gasteiger partial charge in [0.2, 0.25) is 5.91 Å². The van der Waals surface area contributed by atoms with Gasteiger partial charge in [0.1, 0.15) is 12.1 Å². The molecule has 2 unspecified atom stereocenters. The fourth-order valence-corrected chi connectivity index (χ4v) is 6.92. The van der Waals surface area contributed by atoms with E-state index < -0.39 is 12.0 Å². The molecule has 0 aromatic rings. The number of amides is 1. The van der Waals surface area contributed by atoms with Crippen LogP contribution in [0.1, 0.15) is 239 Å². The minimum absolute atomic E-state index is 0.00692. The molecule has 0 heterocycles. The average Bonchev–Trinajstić information content (AvgIpc) is 3.13. The van der Waals surface area contributed by atoms with Gasteiger partial charge in [0.25, 0.3) is 0 Å². The van der Waals surface area contributed by atoms with Crippen molar-refractivity contribution in [3.05, 3.63) is 12.2 Å². The molecule has 7 nitrogen and oxygen atoms in total. The van der Waals surface area contributed by atoms with Gasteiger partial charge in [-0.05, 0) is 83.6 Å². The molecule has 0 aromatic carbocycles. The van der Waals surface area contributed by atoms with Gasteiger partial charge >= 0.3 is 11.9 Å². The topological polar surface area (TPSA) is 119 Å². The number of esters is 1. The monoisotopic (exact) mass is 735 g/mol. The molecule has 0 aromatic heterocycles. The van der Waals surface area contributed by atoms with Crippen LogP contribution in [0.15, 0.2) is 12.2 Å². The normalized spacial score (nSPS) is 12.7. The summed E-state index contributed by atoms with van der Waals surface area (Å²) < 4.78 is 5.95. The van der Waals surface area contributed by atoms with Gasteiger partial charge in [-0.2, -0.15) is 0 Å². The maximum Gasteiger partial charge on any atom is 0.326 e. The summed E-state index contributed by atoms with van der Waals surface area (Å²) in [6.45, 7) is 4.90. The minimum Gasteiger partial charge on any atom is -0.480 e. The number of ether oxygens (including phenoxy) is 1. The zero-order valence-corrected chi connectivity index (χ0v) is 34.4. The second-order valence-electron chi connectivity index (χ2n) is 15.5. The summed E-state index contributed by atoms with van der Waals surface area (Å²) in [5.74, 6) is -1.26. The summed E-state index contributed by atoms with van der Waals surface area (Å²) in [4.78, 5) is 36.2. The minimum atomic E-state index is -1.01. The molecule has 52 heavy (non-hydrogen) atoms. The summed E-state index contributed by atoms with van der Waals surface area (Å²) in [6.07, 6.45) is 44.4. The van der Waals surface area contributed by atoms with Crippen molar-refractivity contribution in [2.45, 2.75) is 251 Å². The number of allylic oxidation sites excluding steroid dienone is 2. The Labute approximate surface area is 321 Å². The summed E-state index contributed by atoms with van der Waals surface area (Å²) in [7, 11) is 0. The third-order valence-electron chi connectivity index (χ3n) is 10.3. The first kappa shape index (κ1) is 50.1. The lowest BCUT2D eigenvalue weighted by Gasteiger charge is -2.18. The molecule has 2 atom stereocenters. The second kappa shape index (κ2) is 40.3. The summed E-state index contributed by atoms with van der Waals surface area (Å²) in [6, 6.07) is -0.860. The maximum absolute atomic E-state index is 12.7. The molecule has 0 radical (unpaired) electrons. The number of nitrogens with two attached hydrogens (primary N) is 1. The molecule has 0 fully saturated rings. The van der Waals surface area contributed by atoms with Gasteiger partial charge in [-0.1, -0.05) is 161 Å². The Kier molecular flexibility index (Phi) is 38.8. The molecule has 0 aliphatic heterocycles. The summed E-state index contributed by atoms with van der Waals surface area (Å²) in [5.41, 5.74) is 5.47. The third-order valence-corrected chi connectivity index (χ3v) is 10.3. The van der Waals surface area contributed by atoms with Crippen LogP contribution in [-0.2, 0) is 19.1 Å². The van der Waals surface area contributed by atoms with E-state index in [9.17, 15) is 19.5 Å². The highest BCUT2D eigenvalue weighted by atomic mass is 16.5. The number of nitrogens with one attached hydrogen (secondary N) is 1. The van der Waals surface area contributed by atoms with Gasteiger partial charge in [0.05, 0.1) is 0 Å². The van der Waals surface area contributed by atoms with E-state index in [-0.39, 0.29) is 18.0 Å². The molecule has 1 amide bonds. The Morgan fingerprint density at radius 3 is 1.40 bits per heavy atom. The molecule has 0 rings (SSSR count). The van der Waals surface area contributed by atoms with Crippen molar-refractivity contribution >= 4 is 17.8 Å². The first-order chi connectivity index (χ1) is 25.4. The Balaban J connectivity index is 3.84. The van der Waals surface area contributed by atoms with E-state index in [0.717, 1.165) is 57.8 Å². The first-order valence-corrected chi connectivity index (χ1v) is 22.5. The Morgan fingerprint density at radius 1 is 0.538 bits per heavy atom.